The van der Waals surface area contributed by atoms with E-state index in [1.54, 1.807) is 12.1 Å². The molecule has 0 radical (unpaired) electrons. The Hall–Kier alpha value is -1.65. The van der Waals surface area contributed by atoms with Crippen LogP contribution in [-0.2, 0) is 10.1 Å². The van der Waals surface area contributed by atoms with Crippen LogP contribution < -0.4 is 0 Å². The molecule has 2 atom stereocenters. The highest BCUT2D eigenvalue weighted by Crippen LogP contribution is 2.32. The lowest BCUT2D eigenvalue weighted by atomic mass is 9.85. The van der Waals surface area contributed by atoms with Crippen molar-refractivity contribution in [2.75, 3.05) is 0 Å². The van der Waals surface area contributed by atoms with E-state index in [9.17, 15) is 8.42 Å². The number of hydrogen-bond acceptors (Lipinski definition) is 2. The van der Waals surface area contributed by atoms with Crippen LogP contribution in [0.25, 0.3) is 0 Å². The smallest absolute Gasteiger partial charge is 0.282 e. The van der Waals surface area contributed by atoms with Crippen molar-refractivity contribution >= 4 is 10.1 Å². The lowest BCUT2D eigenvalue weighted by Gasteiger charge is -2.20. The maximum atomic E-state index is 11.1. The Bertz CT molecular complexity index is 691. The Kier molecular flexibility index (Phi) is 5.37. The summed E-state index contributed by atoms with van der Waals surface area (Å²) in [6.07, 6.45) is 1.99. The fourth-order valence-corrected chi connectivity index (χ4v) is 3.27. The first kappa shape index (κ1) is 16.7. The van der Waals surface area contributed by atoms with Gasteiger partial charge in [0.15, 0.2) is 0 Å². The molecule has 0 aliphatic carbocycles. The molecule has 22 heavy (non-hydrogen) atoms. The molecule has 0 aliphatic heterocycles. The summed E-state index contributed by atoms with van der Waals surface area (Å²) in [6, 6.07) is 16.9. The molecule has 2 aromatic rings. The van der Waals surface area contributed by atoms with E-state index in [0.717, 1.165) is 18.4 Å². The molecule has 0 fully saturated rings. The molecule has 3 nitrogen and oxygen atoms in total. The molecule has 1 N–H and O–H groups in total. The third kappa shape index (κ3) is 4.18. The molecule has 0 heterocycles. The second kappa shape index (κ2) is 7.07. The van der Waals surface area contributed by atoms with E-state index >= 15 is 0 Å². The largest absolute Gasteiger partial charge is 0.294 e. The van der Waals surface area contributed by atoms with Crippen LogP contribution in [0, 0.1) is 0 Å². The Morgan fingerprint density at radius 1 is 0.955 bits per heavy atom. The molecule has 0 spiro atoms. The summed E-state index contributed by atoms with van der Waals surface area (Å²) < 4.78 is 31.2. The summed E-state index contributed by atoms with van der Waals surface area (Å²) in [5, 5.41) is 0. The van der Waals surface area contributed by atoms with Gasteiger partial charge in [0.25, 0.3) is 10.1 Å². The van der Waals surface area contributed by atoms with E-state index in [1.165, 1.54) is 17.7 Å². The normalized spacial score (nSPS) is 14.5. The van der Waals surface area contributed by atoms with Crippen molar-refractivity contribution in [3.05, 3.63) is 65.7 Å². The van der Waals surface area contributed by atoms with Crippen LogP contribution in [0.3, 0.4) is 0 Å². The molecule has 0 bridgehead atoms. The molecule has 0 saturated heterocycles. The van der Waals surface area contributed by atoms with Crippen molar-refractivity contribution in [1.82, 2.24) is 0 Å². The van der Waals surface area contributed by atoms with Crippen LogP contribution in [0.4, 0.5) is 0 Å². The lowest BCUT2D eigenvalue weighted by Crippen LogP contribution is -2.05. The van der Waals surface area contributed by atoms with Gasteiger partial charge in [-0.2, -0.15) is 8.42 Å². The summed E-state index contributed by atoms with van der Waals surface area (Å²) in [5.74, 6) is 0.804. The van der Waals surface area contributed by atoms with Crippen molar-refractivity contribution in [1.29, 1.82) is 0 Å². The van der Waals surface area contributed by atoms with Crippen LogP contribution >= 0.6 is 0 Å². The minimum Gasteiger partial charge on any atom is -0.282 e. The number of hydrogen-bond donors (Lipinski definition) is 1. The zero-order chi connectivity index (χ0) is 16.2. The predicted octanol–water partition coefficient (Wildman–Crippen LogP) is 4.62. The van der Waals surface area contributed by atoms with Gasteiger partial charge < -0.3 is 0 Å². The van der Waals surface area contributed by atoms with Gasteiger partial charge in [0, 0.05) is 0 Å². The van der Waals surface area contributed by atoms with E-state index in [1.807, 2.05) is 18.2 Å². The quantitative estimate of drug-likeness (QED) is 0.791. The maximum absolute atomic E-state index is 11.1. The summed E-state index contributed by atoms with van der Waals surface area (Å²) in [5.41, 5.74) is 2.42. The van der Waals surface area contributed by atoms with Crippen LogP contribution in [0.5, 0.6) is 0 Å². The first-order chi connectivity index (χ1) is 10.4. The average Bonchev–Trinajstić information content (AvgIpc) is 2.52. The SMILES string of the molecule is CCC(CC(C)c1ccccc1)c1ccc(S(=O)(=O)O)cc1. The second-order valence-corrected chi connectivity index (χ2v) is 7.12. The Balaban J connectivity index is 2.15. The van der Waals surface area contributed by atoms with Crippen LogP contribution in [-0.4, -0.2) is 13.0 Å². The van der Waals surface area contributed by atoms with Crippen molar-refractivity contribution < 1.29 is 13.0 Å². The van der Waals surface area contributed by atoms with Gasteiger partial charge in [0.05, 0.1) is 4.90 Å². The van der Waals surface area contributed by atoms with Crippen LogP contribution in [0.2, 0.25) is 0 Å². The Labute approximate surface area is 132 Å². The summed E-state index contributed by atoms with van der Waals surface area (Å²) in [4.78, 5) is -0.0535. The lowest BCUT2D eigenvalue weighted by molar-refractivity contribution is 0.483. The van der Waals surface area contributed by atoms with Gasteiger partial charge in [0.1, 0.15) is 0 Å². The molecule has 0 aromatic heterocycles. The van der Waals surface area contributed by atoms with Gasteiger partial charge in [-0.1, -0.05) is 56.3 Å². The number of benzene rings is 2. The van der Waals surface area contributed by atoms with E-state index in [2.05, 4.69) is 26.0 Å². The topological polar surface area (TPSA) is 54.4 Å². The fourth-order valence-electron chi connectivity index (χ4n) is 2.79. The van der Waals surface area contributed by atoms with Crippen molar-refractivity contribution in [3.63, 3.8) is 0 Å². The first-order valence-electron chi connectivity index (χ1n) is 7.54. The zero-order valence-electron chi connectivity index (χ0n) is 12.9. The van der Waals surface area contributed by atoms with Gasteiger partial charge in [-0.25, -0.2) is 0 Å². The van der Waals surface area contributed by atoms with E-state index in [0.29, 0.717) is 11.8 Å². The van der Waals surface area contributed by atoms with Gasteiger partial charge >= 0.3 is 0 Å². The highest BCUT2D eigenvalue weighted by Gasteiger charge is 2.16. The molecular formula is C18H22O3S. The van der Waals surface area contributed by atoms with Crippen LogP contribution in [0.1, 0.15) is 49.7 Å². The highest BCUT2D eigenvalue weighted by molar-refractivity contribution is 7.85. The average molecular weight is 318 g/mol. The Morgan fingerprint density at radius 2 is 1.55 bits per heavy atom. The van der Waals surface area contributed by atoms with Crippen molar-refractivity contribution in [2.24, 2.45) is 0 Å². The first-order valence-corrected chi connectivity index (χ1v) is 8.98. The molecule has 0 amide bonds. The minimum absolute atomic E-state index is 0.0535. The summed E-state index contributed by atoms with van der Waals surface area (Å²) >= 11 is 0. The molecule has 2 rings (SSSR count). The molecule has 0 saturated carbocycles. The third-order valence-electron chi connectivity index (χ3n) is 4.15. The second-order valence-electron chi connectivity index (χ2n) is 5.70. The van der Waals surface area contributed by atoms with Crippen molar-refractivity contribution in [3.8, 4) is 0 Å². The zero-order valence-corrected chi connectivity index (χ0v) is 13.8. The molecule has 4 heteroatoms. The van der Waals surface area contributed by atoms with Crippen molar-refractivity contribution in [2.45, 2.75) is 43.4 Å². The molecule has 2 unspecified atom stereocenters. The molecule has 2 aromatic carbocycles. The van der Waals surface area contributed by atoms with Gasteiger partial charge in [0.2, 0.25) is 0 Å². The van der Waals surface area contributed by atoms with Crippen LogP contribution in [0.15, 0.2) is 59.5 Å². The summed E-state index contributed by atoms with van der Waals surface area (Å²) in [6.45, 7) is 4.35. The maximum Gasteiger partial charge on any atom is 0.294 e. The van der Waals surface area contributed by atoms with Gasteiger partial charge in [-0.3, -0.25) is 4.55 Å². The molecule has 0 aliphatic rings. The standard InChI is InChI=1S/C18H22O3S/c1-3-15(13-14(2)16-7-5-4-6-8-16)17-9-11-18(12-10-17)22(19,20)21/h4-12,14-15H,3,13H2,1-2H3,(H,19,20,21). The molecule has 118 valence electrons. The predicted molar refractivity (Wildman–Crippen MR) is 88.8 cm³/mol. The minimum atomic E-state index is -4.12. The Morgan fingerprint density at radius 3 is 2.05 bits per heavy atom. The van der Waals surface area contributed by atoms with Gasteiger partial charge in [-0.05, 0) is 47.9 Å². The number of rotatable bonds is 6. The monoisotopic (exact) mass is 318 g/mol. The third-order valence-corrected chi connectivity index (χ3v) is 5.02. The van der Waals surface area contributed by atoms with E-state index in [-0.39, 0.29) is 4.90 Å². The van der Waals surface area contributed by atoms with E-state index < -0.39 is 10.1 Å². The fraction of sp³-hybridized carbons (Fsp3) is 0.333. The van der Waals surface area contributed by atoms with Gasteiger partial charge in [-0.15, -0.1) is 0 Å². The highest BCUT2D eigenvalue weighted by atomic mass is 32.2. The van der Waals surface area contributed by atoms with E-state index in [4.69, 9.17) is 4.55 Å². The molecular weight excluding hydrogens is 296 g/mol. The summed E-state index contributed by atoms with van der Waals surface area (Å²) in [7, 11) is -4.12.